The van der Waals surface area contributed by atoms with Crippen molar-refractivity contribution >= 4 is 24.2 Å². The van der Waals surface area contributed by atoms with E-state index >= 15 is 0 Å². The molecule has 0 unspecified atom stereocenters. The Kier molecular flexibility index (Phi) is 7.53. The minimum atomic E-state index is -0.375. The largest absolute Gasteiger partial charge is 0.462 e. The Hall–Kier alpha value is -1.33. The van der Waals surface area contributed by atoms with Crippen molar-refractivity contribution in [3.05, 3.63) is 22.5 Å². The van der Waals surface area contributed by atoms with Gasteiger partial charge in [0.05, 0.1) is 17.9 Å². The predicted molar refractivity (Wildman–Crippen MR) is 81.0 cm³/mol. The summed E-state index contributed by atoms with van der Waals surface area (Å²) in [5.41, 5.74) is 2.36. The lowest BCUT2D eigenvalue weighted by Gasteiger charge is -2.08. The Labute approximate surface area is 126 Å². The van der Waals surface area contributed by atoms with Crippen LogP contribution in [0.2, 0.25) is 0 Å². The van der Waals surface area contributed by atoms with Crippen molar-refractivity contribution in [1.29, 1.82) is 0 Å². The first-order valence-corrected chi connectivity index (χ1v) is 6.42. The summed E-state index contributed by atoms with van der Waals surface area (Å²) >= 11 is 0. The Balaban J connectivity index is 0.00000361. The van der Waals surface area contributed by atoms with Crippen molar-refractivity contribution in [2.75, 3.05) is 27.2 Å². The molecule has 0 aromatic carbocycles. The summed E-state index contributed by atoms with van der Waals surface area (Å²) in [4.78, 5) is 28.9. The van der Waals surface area contributed by atoms with Gasteiger partial charge in [-0.1, -0.05) is 0 Å². The zero-order valence-electron chi connectivity index (χ0n) is 12.7. The molecule has 1 N–H and O–H groups in total. The summed E-state index contributed by atoms with van der Waals surface area (Å²) in [6.45, 7) is 6.33. The van der Waals surface area contributed by atoms with Gasteiger partial charge in [0.15, 0.2) is 5.78 Å². The average molecular weight is 303 g/mol. The molecule has 1 heterocycles. The lowest BCUT2D eigenvalue weighted by molar-refractivity contribution is 0.0525. The Morgan fingerprint density at radius 1 is 1.25 bits per heavy atom. The van der Waals surface area contributed by atoms with Gasteiger partial charge in [0.2, 0.25) is 0 Å². The van der Waals surface area contributed by atoms with Gasteiger partial charge in [-0.3, -0.25) is 4.79 Å². The van der Waals surface area contributed by atoms with Crippen LogP contribution in [0.25, 0.3) is 0 Å². The van der Waals surface area contributed by atoms with Crippen LogP contribution in [0, 0.1) is 13.8 Å². The first kappa shape index (κ1) is 18.7. The van der Waals surface area contributed by atoms with Crippen LogP contribution in [0.1, 0.15) is 45.4 Å². The molecule has 0 bridgehead atoms. The molecule has 0 aliphatic heterocycles. The number of aromatic nitrogens is 1. The van der Waals surface area contributed by atoms with Gasteiger partial charge >= 0.3 is 5.97 Å². The van der Waals surface area contributed by atoms with Crippen LogP contribution in [0.15, 0.2) is 0 Å². The lowest BCUT2D eigenvalue weighted by atomic mass is 10.1. The van der Waals surface area contributed by atoms with E-state index in [1.165, 1.54) is 0 Å². The quantitative estimate of drug-likeness (QED) is 0.647. The molecule has 0 atom stereocenters. The van der Waals surface area contributed by atoms with Crippen LogP contribution < -0.4 is 0 Å². The highest BCUT2D eigenvalue weighted by atomic mass is 35.5. The number of nitrogens with one attached hydrogen (secondary N) is 1. The Bertz CT molecular complexity index is 481. The van der Waals surface area contributed by atoms with Crippen molar-refractivity contribution in [3.8, 4) is 0 Å². The van der Waals surface area contributed by atoms with Crippen LogP contribution in [-0.2, 0) is 4.74 Å². The maximum Gasteiger partial charge on any atom is 0.340 e. The van der Waals surface area contributed by atoms with Crippen molar-refractivity contribution in [3.63, 3.8) is 0 Å². The second-order valence-electron chi connectivity index (χ2n) is 4.82. The number of esters is 1. The van der Waals surface area contributed by atoms with E-state index < -0.39 is 0 Å². The Morgan fingerprint density at radius 3 is 2.35 bits per heavy atom. The van der Waals surface area contributed by atoms with Crippen LogP contribution >= 0.6 is 12.4 Å². The molecular formula is C14H23ClN2O3. The number of H-pyrrole nitrogens is 1. The molecule has 20 heavy (non-hydrogen) atoms. The minimum Gasteiger partial charge on any atom is -0.462 e. The summed E-state index contributed by atoms with van der Waals surface area (Å²) in [5, 5.41) is 0. The Morgan fingerprint density at radius 2 is 1.85 bits per heavy atom. The highest BCUT2D eigenvalue weighted by molar-refractivity contribution is 6.01. The fourth-order valence-corrected chi connectivity index (χ4v) is 1.99. The van der Waals surface area contributed by atoms with E-state index in [9.17, 15) is 9.59 Å². The number of aromatic amines is 1. The van der Waals surface area contributed by atoms with Crippen molar-refractivity contribution in [2.24, 2.45) is 0 Å². The second kappa shape index (κ2) is 8.07. The van der Waals surface area contributed by atoms with Gasteiger partial charge in [0.25, 0.3) is 0 Å². The molecule has 1 rings (SSSR count). The molecule has 0 spiro atoms. The van der Waals surface area contributed by atoms with E-state index in [4.69, 9.17) is 4.74 Å². The summed E-state index contributed by atoms with van der Waals surface area (Å²) < 4.78 is 5.00. The smallest absolute Gasteiger partial charge is 0.340 e. The molecule has 0 saturated carbocycles. The molecule has 1 aromatic rings. The number of Topliss-reactive ketones (excluding diaryl/α,β-unsaturated/α-hetero) is 1. The van der Waals surface area contributed by atoms with Gasteiger partial charge < -0.3 is 14.6 Å². The number of halogens is 1. The normalized spacial score (nSPS) is 10.3. The number of hydrogen-bond donors (Lipinski definition) is 1. The third-order valence-electron chi connectivity index (χ3n) is 2.98. The summed E-state index contributed by atoms with van der Waals surface area (Å²) in [6.07, 6.45) is 0.427. The zero-order valence-corrected chi connectivity index (χ0v) is 13.5. The number of rotatable bonds is 6. The summed E-state index contributed by atoms with van der Waals surface area (Å²) in [6, 6.07) is 0. The van der Waals surface area contributed by atoms with Crippen molar-refractivity contribution < 1.29 is 14.3 Å². The molecule has 0 saturated heterocycles. The van der Waals surface area contributed by atoms with E-state index in [1.54, 1.807) is 20.8 Å². The van der Waals surface area contributed by atoms with E-state index in [1.807, 2.05) is 19.0 Å². The van der Waals surface area contributed by atoms with Gasteiger partial charge in [0, 0.05) is 18.7 Å². The van der Waals surface area contributed by atoms with Gasteiger partial charge in [-0.25, -0.2) is 4.79 Å². The molecule has 0 aliphatic rings. The number of ketones is 1. The minimum absolute atomic E-state index is 0. The van der Waals surface area contributed by atoms with Gasteiger partial charge in [-0.2, -0.15) is 0 Å². The van der Waals surface area contributed by atoms with Gasteiger partial charge in [-0.15, -0.1) is 12.4 Å². The summed E-state index contributed by atoms with van der Waals surface area (Å²) in [5.74, 6) is -0.356. The average Bonchev–Trinajstić information content (AvgIpc) is 2.62. The van der Waals surface area contributed by atoms with Gasteiger partial charge in [0.1, 0.15) is 0 Å². The fraction of sp³-hybridized carbons (Fsp3) is 0.571. The van der Waals surface area contributed by atoms with Crippen molar-refractivity contribution in [1.82, 2.24) is 9.88 Å². The SMILES string of the molecule is CCOC(=O)c1c(C)[nH]c(C(=O)CCN(C)C)c1C.Cl. The standard InChI is InChI=1S/C14H22N2O3.ClH/c1-6-19-14(18)12-9(2)13(15-10(12)3)11(17)7-8-16(4)5;/h15H,6-8H2,1-5H3;1H. The van der Waals surface area contributed by atoms with Crippen LogP contribution in [-0.4, -0.2) is 48.9 Å². The predicted octanol–water partition coefficient (Wildman–Crippen LogP) is 2.36. The second-order valence-corrected chi connectivity index (χ2v) is 4.82. The molecule has 6 heteroatoms. The van der Waals surface area contributed by atoms with Gasteiger partial charge in [-0.05, 0) is 40.4 Å². The highest BCUT2D eigenvalue weighted by Crippen LogP contribution is 2.20. The monoisotopic (exact) mass is 302 g/mol. The van der Waals surface area contributed by atoms with Crippen LogP contribution in [0.5, 0.6) is 0 Å². The number of aryl methyl sites for hydroxylation is 1. The fourth-order valence-electron chi connectivity index (χ4n) is 1.99. The molecule has 1 aromatic heterocycles. The number of carbonyl (C=O) groups is 2. The molecule has 0 radical (unpaired) electrons. The van der Waals surface area contributed by atoms with E-state index in [-0.39, 0.29) is 24.2 Å². The van der Waals surface area contributed by atoms with Crippen LogP contribution in [0.4, 0.5) is 0 Å². The van der Waals surface area contributed by atoms with Crippen molar-refractivity contribution in [2.45, 2.75) is 27.2 Å². The molecule has 0 aliphatic carbocycles. The van der Waals surface area contributed by atoms with E-state index in [0.717, 1.165) is 0 Å². The lowest BCUT2D eigenvalue weighted by Crippen LogP contribution is -2.17. The molecule has 5 nitrogen and oxygen atoms in total. The zero-order chi connectivity index (χ0) is 14.6. The maximum atomic E-state index is 12.1. The number of ether oxygens (including phenoxy) is 1. The number of nitrogens with zero attached hydrogens (tertiary/aromatic N) is 1. The molecular weight excluding hydrogens is 280 g/mol. The topological polar surface area (TPSA) is 62.4 Å². The third-order valence-corrected chi connectivity index (χ3v) is 2.98. The number of hydrogen-bond acceptors (Lipinski definition) is 4. The third kappa shape index (κ3) is 4.35. The van der Waals surface area contributed by atoms with E-state index in [2.05, 4.69) is 4.98 Å². The summed E-state index contributed by atoms with van der Waals surface area (Å²) in [7, 11) is 3.84. The maximum absolute atomic E-state index is 12.1. The first-order valence-electron chi connectivity index (χ1n) is 6.42. The molecule has 114 valence electrons. The molecule has 0 fully saturated rings. The molecule has 0 amide bonds. The number of carbonyl (C=O) groups excluding carboxylic acids is 2. The highest BCUT2D eigenvalue weighted by Gasteiger charge is 2.22. The van der Waals surface area contributed by atoms with Crippen LogP contribution in [0.3, 0.4) is 0 Å². The first-order chi connectivity index (χ1) is 8.88. The van der Waals surface area contributed by atoms with E-state index in [0.29, 0.717) is 42.1 Å².